The van der Waals surface area contributed by atoms with Crippen LogP contribution in [0.3, 0.4) is 0 Å². The maximum absolute atomic E-state index is 13.5. The van der Waals surface area contributed by atoms with E-state index in [9.17, 15) is 8.42 Å². The highest BCUT2D eigenvalue weighted by molar-refractivity contribution is 9.10. The van der Waals surface area contributed by atoms with Crippen LogP contribution in [0.1, 0.15) is 19.4 Å². The van der Waals surface area contributed by atoms with E-state index in [0.717, 1.165) is 10.0 Å². The number of ether oxygens (including phenoxy) is 1. The van der Waals surface area contributed by atoms with Crippen LogP contribution in [-0.2, 0) is 14.6 Å². The predicted molar refractivity (Wildman–Crippen MR) is 118 cm³/mol. The first-order valence-corrected chi connectivity index (χ1v) is 12.0. The molecule has 158 valence electrons. The quantitative estimate of drug-likeness (QED) is 0.519. The smallest absolute Gasteiger partial charge is 0.236 e. The van der Waals surface area contributed by atoms with Crippen molar-refractivity contribution in [1.29, 1.82) is 0 Å². The van der Waals surface area contributed by atoms with Gasteiger partial charge in [0.05, 0.1) is 17.1 Å². The molecule has 30 heavy (non-hydrogen) atoms. The van der Waals surface area contributed by atoms with Crippen molar-refractivity contribution in [1.82, 2.24) is 4.98 Å². The van der Waals surface area contributed by atoms with E-state index < -0.39 is 9.84 Å². The molecule has 2 atom stereocenters. The molecule has 2 unspecified atom stereocenters. The van der Waals surface area contributed by atoms with Crippen molar-refractivity contribution in [3.63, 3.8) is 0 Å². The fraction of sp³-hybridized carbons (Fsp3) is 0.318. The minimum atomic E-state index is -3.86. The number of morpholine rings is 1. The Morgan fingerprint density at radius 1 is 1.00 bits per heavy atom. The standard InChI is InChI=1S/C22H23BrN2O4S/c1-14-4-10-19(11-5-14)30(26,27)21-22(25-12-15(2)28-16(3)13-25)29-20(24-21)17-6-8-18(23)9-7-17/h4-11,15-16H,12-13H2,1-3H3. The molecule has 0 aliphatic carbocycles. The maximum Gasteiger partial charge on any atom is 0.236 e. The number of halogens is 1. The number of aromatic nitrogens is 1. The van der Waals surface area contributed by atoms with E-state index in [4.69, 9.17) is 9.15 Å². The fourth-order valence-corrected chi connectivity index (χ4v) is 5.15. The van der Waals surface area contributed by atoms with Gasteiger partial charge in [-0.2, -0.15) is 4.98 Å². The topological polar surface area (TPSA) is 72.6 Å². The summed E-state index contributed by atoms with van der Waals surface area (Å²) in [4.78, 5) is 6.56. The summed E-state index contributed by atoms with van der Waals surface area (Å²) in [5.74, 6) is 0.533. The molecule has 1 aromatic heterocycles. The van der Waals surface area contributed by atoms with Gasteiger partial charge in [0.2, 0.25) is 26.6 Å². The molecule has 1 aliphatic rings. The Balaban J connectivity index is 1.85. The third-order valence-electron chi connectivity index (χ3n) is 4.96. The van der Waals surface area contributed by atoms with Gasteiger partial charge in [0.1, 0.15) is 0 Å². The lowest BCUT2D eigenvalue weighted by atomic mass is 10.2. The number of sulfone groups is 1. The van der Waals surface area contributed by atoms with Crippen LogP contribution in [0.5, 0.6) is 0 Å². The number of oxazole rings is 1. The number of rotatable bonds is 4. The third-order valence-corrected chi connectivity index (χ3v) is 7.16. The second-order valence-electron chi connectivity index (χ2n) is 7.62. The van der Waals surface area contributed by atoms with Crippen molar-refractivity contribution < 1.29 is 17.6 Å². The molecule has 0 saturated carbocycles. The van der Waals surface area contributed by atoms with Crippen LogP contribution in [0.25, 0.3) is 11.5 Å². The third kappa shape index (κ3) is 4.17. The molecular formula is C22H23BrN2O4S. The van der Waals surface area contributed by atoms with Crippen molar-refractivity contribution in [3.05, 3.63) is 58.6 Å². The summed E-state index contributed by atoms with van der Waals surface area (Å²) in [5, 5.41) is -0.0643. The van der Waals surface area contributed by atoms with Crippen LogP contribution < -0.4 is 4.90 Å². The Labute approximate surface area is 184 Å². The van der Waals surface area contributed by atoms with Crippen LogP contribution >= 0.6 is 15.9 Å². The van der Waals surface area contributed by atoms with Crippen molar-refractivity contribution in [2.45, 2.75) is 42.9 Å². The molecular weight excluding hydrogens is 468 g/mol. The first-order valence-electron chi connectivity index (χ1n) is 9.73. The maximum atomic E-state index is 13.5. The van der Waals surface area contributed by atoms with E-state index in [1.54, 1.807) is 24.3 Å². The second-order valence-corrected chi connectivity index (χ2v) is 10.4. The van der Waals surface area contributed by atoms with Gasteiger partial charge in [0, 0.05) is 23.1 Å². The first kappa shape index (κ1) is 21.1. The molecule has 0 amide bonds. The van der Waals surface area contributed by atoms with Gasteiger partial charge in [-0.05, 0) is 57.2 Å². The normalized spacial score (nSPS) is 19.8. The number of aryl methyl sites for hydroxylation is 1. The van der Waals surface area contributed by atoms with Crippen molar-refractivity contribution >= 4 is 31.7 Å². The Kier molecular flexibility index (Phi) is 5.74. The Hall–Kier alpha value is -2.16. The van der Waals surface area contributed by atoms with Gasteiger partial charge in [-0.25, -0.2) is 8.42 Å². The minimum Gasteiger partial charge on any atom is -0.419 e. The van der Waals surface area contributed by atoms with Crippen LogP contribution in [-0.4, -0.2) is 38.7 Å². The molecule has 2 aromatic carbocycles. The second kappa shape index (κ2) is 8.17. The molecule has 2 heterocycles. The summed E-state index contributed by atoms with van der Waals surface area (Å²) >= 11 is 3.41. The highest BCUT2D eigenvalue weighted by Crippen LogP contribution is 2.36. The lowest BCUT2D eigenvalue weighted by Gasteiger charge is -2.35. The Morgan fingerprint density at radius 3 is 2.20 bits per heavy atom. The van der Waals surface area contributed by atoms with Gasteiger partial charge in [0.25, 0.3) is 0 Å². The molecule has 0 bridgehead atoms. The summed E-state index contributed by atoms with van der Waals surface area (Å²) in [6, 6.07) is 14.2. The van der Waals surface area contributed by atoms with E-state index >= 15 is 0 Å². The molecule has 3 aromatic rings. The monoisotopic (exact) mass is 490 g/mol. The van der Waals surface area contributed by atoms with Crippen LogP contribution in [0.2, 0.25) is 0 Å². The molecule has 0 N–H and O–H groups in total. The highest BCUT2D eigenvalue weighted by Gasteiger charge is 2.34. The predicted octanol–water partition coefficient (Wildman–Crippen LogP) is 4.86. The minimum absolute atomic E-state index is 0.0510. The number of benzene rings is 2. The molecule has 0 spiro atoms. The zero-order valence-electron chi connectivity index (χ0n) is 17.0. The molecule has 1 aliphatic heterocycles. The molecule has 0 radical (unpaired) electrons. The van der Waals surface area contributed by atoms with Gasteiger partial charge in [-0.3, -0.25) is 0 Å². The lowest BCUT2D eigenvalue weighted by Crippen LogP contribution is -2.45. The zero-order chi connectivity index (χ0) is 21.5. The summed E-state index contributed by atoms with van der Waals surface area (Å²) in [5.41, 5.74) is 1.69. The largest absolute Gasteiger partial charge is 0.419 e. The fourth-order valence-electron chi connectivity index (χ4n) is 3.56. The van der Waals surface area contributed by atoms with Gasteiger partial charge < -0.3 is 14.1 Å². The summed E-state index contributed by atoms with van der Waals surface area (Å²) in [6.45, 7) is 6.89. The van der Waals surface area contributed by atoms with E-state index in [0.29, 0.717) is 18.7 Å². The van der Waals surface area contributed by atoms with Crippen LogP contribution in [0, 0.1) is 6.92 Å². The molecule has 8 heteroatoms. The van der Waals surface area contributed by atoms with Crippen LogP contribution in [0.4, 0.5) is 5.88 Å². The summed E-state index contributed by atoms with van der Waals surface area (Å²) in [6.07, 6.45) is -0.102. The Morgan fingerprint density at radius 2 is 1.60 bits per heavy atom. The highest BCUT2D eigenvalue weighted by atomic mass is 79.9. The van der Waals surface area contributed by atoms with Gasteiger partial charge >= 0.3 is 0 Å². The zero-order valence-corrected chi connectivity index (χ0v) is 19.4. The van der Waals surface area contributed by atoms with Gasteiger partial charge in [0.15, 0.2) is 0 Å². The van der Waals surface area contributed by atoms with Crippen LogP contribution in [0.15, 0.2) is 67.3 Å². The van der Waals surface area contributed by atoms with E-state index in [1.807, 2.05) is 49.9 Å². The van der Waals surface area contributed by atoms with Gasteiger partial charge in [-0.15, -0.1) is 0 Å². The summed E-state index contributed by atoms with van der Waals surface area (Å²) < 4.78 is 39.8. The Bertz CT molecular complexity index is 1130. The van der Waals surface area contributed by atoms with E-state index in [-0.39, 0.29) is 33.9 Å². The van der Waals surface area contributed by atoms with Crippen molar-refractivity contribution in [2.24, 2.45) is 0 Å². The SMILES string of the molecule is Cc1ccc(S(=O)(=O)c2nc(-c3ccc(Br)cc3)oc2N2CC(C)OC(C)C2)cc1. The summed E-state index contributed by atoms with van der Waals surface area (Å²) in [7, 11) is -3.86. The molecule has 4 rings (SSSR count). The number of nitrogens with zero attached hydrogens (tertiary/aromatic N) is 2. The number of hydrogen-bond acceptors (Lipinski definition) is 6. The van der Waals surface area contributed by atoms with Crippen molar-refractivity contribution in [2.75, 3.05) is 18.0 Å². The molecule has 6 nitrogen and oxygen atoms in total. The van der Waals surface area contributed by atoms with Gasteiger partial charge in [-0.1, -0.05) is 33.6 Å². The lowest BCUT2D eigenvalue weighted by molar-refractivity contribution is -0.00657. The van der Waals surface area contributed by atoms with E-state index in [1.165, 1.54) is 0 Å². The molecule has 1 fully saturated rings. The van der Waals surface area contributed by atoms with E-state index in [2.05, 4.69) is 20.9 Å². The number of anilines is 1. The van der Waals surface area contributed by atoms with Crippen molar-refractivity contribution in [3.8, 4) is 11.5 Å². The average molecular weight is 491 g/mol. The number of hydrogen-bond donors (Lipinski definition) is 0. The average Bonchev–Trinajstić information content (AvgIpc) is 3.14. The first-order chi connectivity index (χ1) is 14.2. The molecule has 1 saturated heterocycles.